The summed E-state index contributed by atoms with van der Waals surface area (Å²) in [5.74, 6) is 3.60. The summed E-state index contributed by atoms with van der Waals surface area (Å²) in [5.41, 5.74) is 4.93. The van der Waals surface area contributed by atoms with Crippen molar-refractivity contribution in [1.82, 2.24) is 0 Å². The zero-order chi connectivity index (χ0) is 32.4. The Hall–Kier alpha value is -3.92. The van der Waals surface area contributed by atoms with E-state index in [4.69, 9.17) is 18.9 Å². The molecule has 45 heavy (non-hydrogen) atoms. The predicted molar refractivity (Wildman–Crippen MR) is 186 cm³/mol. The van der Waals surface area contributed by atoms with E-state index in [1.807, 2.05) is 0 Å². The Balaban J connectivity index is 1.73. The standard InChI is InChI=1S/C41H52O4/c1-29(2)42-37-17-9-33(10-18-37)25-27-41(35-13-21-39(22-14-35)44-31(5)6,36-15-23-40(24-16-36)45-32(7)8)28-26-34-11-19-38(20-12-34)43-30(3)4/h9-24,29-32H,25-28H2,1-8H3. The first kappa shape index (κ1) is 34.0. The third-order valence-corrected chi connectivity index (χ3v) is 7.83. The number of ether oxygens (including phenoxy) is 4. The molecule has 0 saturated heterocycles. The second kappa shape index (κ2) is 15.9. The summed E-state index contributed by atoms with van der Waals surface area (Å²) in [5, 5.41) is 0. The van der Waals surface area contributed by atoms with E-state index >= 15 is 0 Å². The number of benzene rings is 4. The highest BCUT2D eigenvalue weighted by Crippen LogP contribution is 2.42. The van der Waals surface area contributed by atoms with Gasteiger partial charge in [-0.2, -0.15) is 0 Å². The van der Waals surface area contributed by atoms with Crippen molar-refractivity contribution >= 4 is 0 Å². The van der Waals surface area contributed by atoms with Crippen molar-refractivity contribution in [3.05, 3.63) is 119 Å². The van der Waals surface area contributed by atoms with E-state index in [-0.39, 0.29) is 29.8 Å². The Morgan fingerprint density at radius 3 is 0.867 bits per heavy atom. The number of hydrogen-bond acceptors (Lipinski definition) is 4. The summed E-state index contributed by atoms with van der Waals surface area (Å²) in [6.45, 7) is 16.5. The van der Waals surface area contributed by atoms with Crippen molar-refractivity contribution in [1.29, 1.82) is 0 Å². The normalized spacial score (nSPS) is 11.8. The molecule has 0 amide bonds. The monoisotopic (exact) mass is 608 g/mol. The molecule has 0 aliphatic rings. The van der Waals surface area contributed by atoms with E-state index in [0.717, 1.165) is 48.7 Å². The Bertz CT molecular complexity index is 1300. The molecule has 0 heterocycles. The Morgan fingerprint density at radius 1 is 0.378 bits per heavy atom. The molecule has 0 unspecified atom stereocenters. The van der Waals surface area contributed by atoms with Crippen molar-refractivity contribution in [2.45, 2.75) is 111 Å². The molecule has 240 valence electrons. The van der Waals surface area contributed by atoms with Gasteiger partial charge in [0.25, 0.3) is 0 Å². The van der Waals surface area contributed by atoms with Crippen molar-refractivity contribution in [2.75, 3.05) is 0 Å². The van der Waals surface area contributed by atoms with Crippen LogP contribution in [0.15, 0.2) is 97.1 Å². The fourth-order valence-corrected chi connectivity index (χ4v) is 5.85. The summed E-state index contributed by atoms with van der Waals surface area (Å²) in [6.07, 6.45) is 4.30. The minimum Gasteiger partial charge on any atom is -0.491 e. The minimum absolute atomic E-state index is 0.124. The number of aryl methyl sites for hydroxylation is 2. The molecule has 4 heteroatoms. The lowest BCUT2D eigenvalue weighted by molar-refractivity contribution is 0.242. The van der Waals surface area contributed by atoms with Crippen LogP contribution in [-0.2, 0) is 18.3 Å². The van der Waals surface area contributed by atoms with Gasteiger partial charge in [0.1, 0.15) is 23.0 Å². The summed E-state index contributed by atoms with van der Waals surface area (Å²) >= 11 is 0. The quantitative estimate of drug-likeness (QED) is 0.127. The number of hydrogen-bond donors (Lipinski definition) is 0. The Labute approximate surface area is 271 Å². The first-order valence-electron chi connectivity index (χ1n) is 16.6. The summed E-state index contributed by atoms with van der Waals surface area (Å²) < 4.78 is 23.9. The lowest BCUT2D eigenvalue weighted by Crippen LogP contribution is -2.29. The van der Waals surface area contributed by atoms with Crippen molar-refractivity contribution in [2.24, 2.45) is 0 Å². The highest BCUT2D eigenvalue weighted by molar-refractivity contribution is 5.44. The average molecular weight is 609 g/mol. The van der Waals surface area contributed by atoms with Crippen LogP contribution in [0, 0.1) is 0 Å². The maximum atomic E-state index is 6.04. The maximum absolute atomic E-state index is 6.04. The predicted octanol–water partition coefficient (Wildman–Crippen LogP) is 10.4. The lowest BCUT2D eigenvalue weighted by Gasteiger charge is -2.36. The molecule has 0 spiro atoms. The van der Waals surface area contributed by atoms with E-state index < -0.39 is 0 Å². The highest BCUT2D eigenvalue weighted by Gasteiger charge is 2.34. The lowest BCUT2D eigenvalue weighted by atomic mass is 9.67. The zero-order valence-corrected chi connectivity index (χ0v) is 28.5. The molecule has 0 saturated carbocycles. The van der Waals surface area contributed by atoms with Crippen LogP contribution in [0.2, 0.25) is 0 Å². The van der Waals surface area contributed by atoms with Gasteiger partial charge in [-0.25, -0.2) is 0 Å². The molecule has 0 N–H and O–H groups in total. The molecule has 4 rings (SSSR count). The fraction of sp³-hybridized carbons (Fsp3) is 0.415. The molecular weight excluding hydrogens is 556 g/mol. The van der Waals surface area contributed by atoms with Gasteiger partial charge in [0.15, 0.2) is 0 Å². The molecule has 0 fully saturated rings. The Kier molecular flexibility index (Phi) is 12.0. The van der Waals surface area contributed by atoms with Crippen LogP contribution < -0.4 is 18.9 Å². The molecule has 0 atom stereocenters. The first-order valence-corrected chi connectivity index (χ1v) is 16.6. The van der Waals surface area contributed by atoms with Crippen molar-refractivity contribution < 1.29 is 18.9 Å². The van der Waals surface area contributed by atoms with Gasteiger partial charge in [0.2, 0.25) is 0 Å². The molecule has 4 nitrogen and oxygen atoms in total. The van der Waals surface area contributed by atoms with Crippen molar-refractivity contribution in [3.63, 3.8) is 0 Å². The van der Waals surface area contributed by atoms with Crippen LogP contribution in [-0.4, -0.2) is 24.4 Å². The summed E-state index contributed by atoms with van der Waals surface area (Å²) in [7, 11) is 0. The molecule has 4 aromatic rings. The SMILES string of the molecule is CC(C)Oc1ccc(CCC(CCc2ccc(OC(C)C)cc2)(c2ccc(OC(C)C)cc2)c2ccc(OC(C)C)cc2)cc1. The van der Waals surface area contributed by atoms with E-state index in [1.54, 1.807) is 0 Å². The molecule has 0 aliphatic carbocycles. The Morgan fingerprint density at radius 2 is 0.622 bits per heavy atom. The maximum Gasteiger partial charge on any atom is 0.119 e. The van der Waals surface area contributed by atoms with Gasteiger partial charge in [-0.05, 0) is 152 Å². The van der Waals surface area contributed by atoms with Gasteiger partial charge >= 0.3 is 0 Å². The second-order valence-corrected chi connectivity index (χ2v) is 13.1. The zero-order valence-electron chi connectivity index (χ0n) is 28.5. The highest BCUT2D eigenvalue weighted by atomic mass is 16.5. The van der Waals surface area contributed by atoms with E-state index in [2.05, 4.69) is 152 Å². The van der Waals surface area contributed by atoms with E-state index in [9.17, 15) is 0 Å². The van der Waals surface area contributed by atoms with Crippen LogP contribution in [0.3, 0.4) is 0 Å². The minimum atomic E-state index is -0.243. The van der Waals surface area contributed by atoms with E-state index in [0.29, 0.717) is 0 Å². The molecular formula is C41H52O4. The van der Waals surface area contributed by atoms with Gasteiger partial charge in [0, 0.05) is 5.41 Å². The van der Waals surface area contributed by atoms with Gasteiger partial charge in [-0.1, -0.05) is 48.5 Å². The van der Waals surface area contributed by atoms with Gasteiger partial charge in [-0.15, -0.1) is 0 Å². The van der Waals surface area contributed by atoms with Gasteiger partial charge in [0.05, 0.1) is 24.4 Å². The van der Waals surface area contributed by atoms with Crippen LogP contribution >= 0.6 is 0 Å². The second-order valence-electron chi connectivity index (χ2n) is 13.1. The van der Waals surface area contributed by atoms with Crippen LogP contribution in [0.5, 0.6) is 23.0 Å². The topological polar surface area (TPSA) is 36.9 Å². The third-order valence-electron chi connectivity index (χ3n) is 7.83. The smallest absolute Gasteiger partial charge is 0.119 e. The van der Waals surface area contributed by atoms with E-state index in [1.165, 1.54) is 22.3 Å². The summed E-state index contributed by atoms with van der Waals surface area (Å²) in [6, 6.07) is 34.7. The van der Waals surface area contributed by atoms with Crippen LogP contribution in [0.25, 0.3) is 0 Å². The van der Waals surface area contributed by atoms with Gasteiger partial charge in [-0.3, -0.25) is 0 Å². The third kappa shape index (κ3) is 10.0. The van der Waals surface area contributed by atoms with Gasteiger partial charge < -0.3 is 18.9 Å². The number of rotatable bonds is 16. The van der Waals surface area contributed by atoms with Crippen LogP contribution in [0.1, 0.15) is 90.5 Å². The molecule has 0 radical (unpaired) electrons. The van der Waals surface area contributed by atoms with Crippen molar-refractivity contribution in [3.8, 4) is 23.0 Å². The largest absolute Gasteiger partial charge is 0.491 e. The molecule has 0 aliphatic heterocycles. The van der Waals surface area contributed by atoms with Crippen LogP contribution in [0.4, 0.5) is 0 Å². The summed E-state index contributed by atoms with van der Waals surface area (Å²) in [4.78, 5) is 0. The molecule has 0 aromatic heterocycles. The average Bonchev–Trinajstić information content (AvgIpc) is 2.99. The molecule has 0 bridgehead atoms. The first-order chi connectivity index (χ1) is 21.5. The molecule has 4 aromatic carbocycles. The fourth-order valence-electron chi connectivity index (χ4n) is 5.85.